The smallest absolute Gasteiger partial charge is 0.151 e. The summed E-state index contributed by atoms with van der Waals surface area (Å²) < 4.78 is 5.42. The summed E-state index contributed by atoms with van der Waals surface area (Å²) in [6, 6.07) is 9.13. The minimum atomic E-state index is -0.286. The molecule has 0 spiro atoms. The monoisotopic (exact) mass is 199 g/mol. The SMILES string of the molecule is CN1c2cc(C#N)ccc2OCC1C#N. The van der Waals surface area contributed by atoms with Crippen molar-refractivity contribution in [1.82, 2.24) is 0 Å². The maximum atomic E-state index is 8.88. The van der Waals surface area contributed by atoms with Crippen LogP contribution in [0.3, 0.4) is 0 Å². The van der Waals surface area contributed by atoms with Gasteiger partial charge in [-0.1, -0.05) is 0 Å². The summed E-state index contributed by atoms with van der Waals surface area (Å²) in [5.41, 5.74) is 1.37. The highest BCUT2D eigenvalue weighted by Gasteiger charge is 2.24. The van der Waals surface area contributed by atoms with Crippen LogP contribution in [0.5, 0.6) is 5.75 Å². The number of nitriles is 2. The molecule has 0 fully saturated rings. The molecule has 0 radical (unpaired) electrons. The molecule has 2 rings (SSSR count). The van der Waals surface area contributed by atoms with E-state index in [9.17, 15) is 0 Å². The Balaban J connectivity index is 2.46. The molecule has 0 saturated heterocycles. The Morgan fingerprint density at radius 3 is 2.93 bits per heavy atom. The van der Waals surface area contributed by atoms with Crippen LogP contribution in [-0.4, -0.2) is 19.7 Å². The highest BCUT2D eigenvalue weighted by atomic mass is 16.5. The van der Waals surface area contributed by atoms with Gasteiger partial charge in [-0.05, 0) is 18.2 Å². The lowest BCUT2D eigenvalue weighted by Crippen LogP contribution is -2.39. The van der Waals surface area contributed by atoms with Crippen molar-refractivity contribution in [1.29, 1.82) is 10.5 Å². The number of benzene rings is 1. The van der Waals surface area contributed by atoms with Crippen molar-refractivity contribution in [3.63, 3.8) is 0 Å². The van der Waals surface area contributed by atoms with Gasteiger partial charge in [-0.2, -0.15) is 10.5 Å². The van der Waals surface area contributed by atoms with Gasteiger partial charge in [-0.3, -0.25) is 0 Å². The van der Waals surface area contributed by atoms with Crippen molar-refractivity contribution in [2.45, 2.75) is 6.04 Å². The van der Waals surface area contributed by atoms with Crippen LogP contribution < -0.4 is 9.64 Å². The third-order valence-corrected chi connectivity index (χ3v) is 2.48. The lowest BCUT2D eigenvalue weighted by Gasteiger charge is -2.31. The molecule has 15 heavy (non-hydrogen) atoms. The largest absolute Gasteiger partial charge is 0.488 e. The fraction of sp³-hybridized carbons (Fsp3) is 0.273. The Labute approximate surface area is 87.9 Å². The van der Waals surface area contributed by atoms with Crippen LogP contribution in [0.15, 0.2) is 18.2 Å². The van der Waals surface area contributed by atoms with E-state index in [-0.39, 0.29) is 6.04 Å². The molecule has 1 aromatic rings. The van der Waals surface area contributed by atoms with Crippen LogP contribution in [-0.2, 0) is 0 Å². The predicted molar refractivity (Wildman–Crippen MR) is 54.5 cm³/mol. The molecule has 1 aliphatic heterocycles. The van der Waals surface area contributed by atoms with Crippen LogP contribution in [0.4, 0.5) is 5.69 Å². The number of hydrogen-bond acceptors (Lipinski definition) is 4. The highest BCUT2D eigenvalue weighted by Crippen LogP contribution is 2.33. The lowest BCUT2D eigenvalue weighted by atomic mass is 10.1. The highest BCUT2D eigenvalue weighted by molar-refractivity contribution is 5.64. The van der Waals surface area contributed by atoms with E-state index in [2.05, 4.69) is 12.1 Å². The van der Waals surface area contributed by atoms with Gasteiger partial charge in [0.05, 0.1) is 23.4 Å². The number of anilines is 1. The molecule has 1 aliphatic rings. The fourth-order valence-corrected chi connectivity index (χ4v) is 1.56. The van der Waals surface area contributed by atoms with Crippen molar-refractivity contribution in [2.24, 2.45) is 0 Å². The Morgan fingerprint density at radius 1 is 1.47 bits per heavy atom. The van der Waals surface area contributed by atoms with Gasteiger partial charge >= 0.3 is 0 Å². The van der Waals surface area contributed by atoms with E-state index in [1.807, 2.05) is 11.9 Å². The van der Waals surface area contributed by atoms with Crippen molar-refractivity contribution >= 4 is 5.69 Å². The summed E-state index contributed by atoms with van der Waals surface area (Å²) in [4.78, 5) is 1.83. The fourth-order valence-electron chi connectivity index (χ4n) is 1.56. The number of likely N-dealkylation sites (N-methyl/N-ethyl adjacent to an activating group) is 1. The molecule has 1 unspecified atom stereocenters. The number of ether oxygens (including phenoxy) is 1. The van der Waals surface area contributed by atoms with Crippen molar-refractivity contribution < 1.29 is 4.74 Å². The molecule has 4 nitrogen and oxygen atoms in total. The van der Waals surface area contributed by atoms with Crippen LogP contribution in [0.2, 0.25) is 0 Å². The summed E-state index contributed by atoms with van der Waals surface area (Å²) >= 11 is 0. The van der Waals surface area contributed by atoms with Gasteiger partial charge in [0.25, 0.3) is 0 Å². The van der Waals surface area contributed by atoms with Gasteiger partial charge in [-0.25, -0.2) is 0 Å². The molecule has 0 amide bonds. The average Bonchev–Trinajstić information content (AvgIpc) is 2.29. The van der Waals surface area contributed by atoms with E-state index < -0.39 is 0 Å². The van der Waals surface area contributed by atoms with Crippen LogP contribution in [0, 0.1) is 22.7 Å². The molecule has 4 heteroatoms. The molecule has 1 aromatic carbocycles. The predicted octanol–water partition coefficient (Wildman–Crippen LogP) is 1.28. The standard InChI is InChI=1S/C11H9N3O/c1-14-9(6-13)7-15-11-3-2-8(5-12)4-10(11)14/h2-4,9H,7H2,1H3. The van der Waals surface area contributed by atoms with E-state index in [4.69, 9.17) is 15.3 Å². The van der Waals surface area contributed by atoms with Crippen molar-refractivity contribution in [2.75, 3.05) is 18.6 Å². The Kier molecular flexibility index (Phi) is 2.19. The second kappa shape index (κ2) is 3.51. The zero-order valence-electron chi connectivity index (χ0n) is 8.27. The second-order valence-electron chi connectivity index (χ2n) is 3.36. The molecule has 1 atom stereocenters. The lowest BCUT2D eigenvalue weighted by molar-refractivity contribution is 0.289. The maximum Gasteiger partial charge on any atom is 0.151 e. The summed E-state index contributed by atoms with van der Waals surface area (Å²) in [5.74, 6) is 0.725. The van der Waals surface area contributed by atoms with E-state index >= 15 is 0 Å². The molecule has 0 aromatic heterocycles. The van der Waals surface area contributed by atoms with Gasteiger partial charge in [0.15, 0.2) is 6.04 Å². The quantitative estimate of drug-likeness (QED) is 0.631. The third kappa shape index (κ3) is 1.47. The number of rotatable bonds is 0. The first-order valence-corrected chi connectivity index (χ1v) is 4.55. The van der Waals surface area contributed by atoms with Gasteiger partial charge in [0.2, 0.25) is 0 Å². The summed E-state index contributed by atoms with van der Waals surface area (Å²) in [6.45, 7) is 0.367. The first kappa shape index (κ1) is 9.36. The number of hydrogen-bond donors (Lipinski definition) is 0. The molecular weight excluding hydrogens is 190 g/mol. The molecule has 0 saturated carbocycles. The number of nitrogens with zero attached hydrogens (tertiary/aromatic N) is 3. The van der Waals surface area contributed by atoms with Crippen LogP contribution in [0.25, 0.3) is 0 Å². The van der Waals surface area contributed by atoms with E-state index in [0.717, 1.165) is 11.4 Å². The van der Waals surface area contributed by atoms with Gasteiger partial charge in [0.1, 0.15) is 12.4 Å². The zero-order valence-corrected chi connectivity index (χ0v) is 8.27. The van der Waals surface area contributed by atoms with E-state index in [1.165, 1.54) is 0 Å². The van der Waals surface area contributed by atoms with Gasteiger partial charge in [-0.15, -0.1) is 0 Å². The van der Waals surface area contributed by atoms with Crippen LogP contribution >= 0.6 is 0 Å². The summed E-state index contributed by atoms with van der Waals surface area (Å²) in [7, 11) is 1.83. The third-order valence-electron chi connectivity index (χ3n) is 2.48. The first-order valence-electron chi connectivity index (χ1n) is 4.55. The molecule has 1 heterocycles. The van der Waals surface area contributed by atoms with E-state index in [0.29, 0.717) is 12.2 Å². The average molecular weight is 199 g/mol. The molecule has 0 aliphatic carbocycles. The zero-order chi connectivity index (χ0) is 10.8. The summed E-state index contributed by atoms with van der Waals surface area (Å²) in [6.07, 6.45) is 0. The minimum absolute atomic E-state index is 0.286. The molecule has 0 N–H and O–H groups in total. The molecule has 74 valence electrons. The molecule has 0 bridgehead atoms. The Bertz CT molecular complexity index is 470. The molecular formula is C11H9N3O. The minimum Gasteiger partial charge on any atom is -0.488 e. The second-order valence-corrected chi connectivity index (χ2v) is 3.36. The topological polar surface area (TPSA) is 60.1 Å². The van der Waals surface area contributed by atoms with Gasteiger partial charge in [0, 0.05) is 7.05 Å². The normalized spacial score (nSPS) is 18.3. The van der Waals surface area contributed by atoms with Crippen molar-refractivity contribution in [3.8, 4) is 17.9 Å². The first-order chi connectivity index (χ1) is 7.26. The van der Waals surface area contributed by atoms with E-state index in [1.54, 1.807) is 18.2 Å². The van der Waals surface area contributed by atoms with Crippen LogP contribution in [0.1, 0.15) is 5.56 Å². The summed E-state index contributed by atoms with van der Waals surface area (Å²) in [5, 5.41) is 17.7. The van der Waals surface area contributed by atoms with Gasteiger partial charge < -0.3 is 9.64 Å². The Hall–Kier alpha value is -2.20. The van der Waals surface area contributed by atoms with Crippen molar-refractivity contribution in [3.05, 3.63) is 23.8 Å². The number of fused-ring (bicyclic) bond motifs is 1. The maximum absolute atomic E-state index is 8.88. The Morgan fingerprint density at radius 2 is 2.27 bits per heavy atom.